The van der Waals surface area contributed by atoms with Crippen LogP contribution in [0.4, 0.5) is 10.6 Å². The average Bonchev–Trinajstić information content (AvgIpc) is 3.11. The molecule has 0 saturated heterocycles. The molecule has 3 amide bonds. The Balaban J connectivity index is 1.33. The number of aryl methyl sites for hydroxylation is 2. The van der Waals surface area contributed by atoms with Crippen LogP contribution in [0.1, 0.15) is 72.3 Å². The van der Waals surface area contributed by atoms with Crippen LogP contribution >= 0.6 is 11.6 Å². The van der Waals surface area contributed by atoms with Crippen molar-refractivity contribution in [3.8, 4) is 0 Å². The van der Waals surface area contributed by atoms with E-state index in [4.69, 9.17) is 11.6 Å². The highest BCUT2D eigenvalue weighted by Gasteiger charge is 2.25. The van der Waals surface area contributed by atoms with Crippen molar-refractivity contribution in [2.24, 2.45) is 0 Å². The third-order valence-electron chi connectivity index (χ3n) is 7.45. The zero-order valence-electron chi connectivity index (χ0n) is 23.5. The number of halogens is 1. The van der Waals surface area contributed by atoms with Gasteiger partial charge in [0.15, 0.2) is 5.82 Å². The first-order valence-electron chi connectivity index (χ1n) is 14.1. The summed E-state index contributed by atoms with van der Waals surface area (Å²) in [5.41, 5.74) is 10.4. The monoisotopic (exact) mass is 562 g/mol. The summed E-state index contributed by atoms with van der Waals surface area (Å²) < 4.78 is 0. The maximum absolute atomic E-state index is 13.0. The molecule has 3 aromatic rings. The van der Waals surface area contributed by atoms with Crippen molar-refractivity contribution in [2.75, 3.05) is 25.1 Å². The number of benzene rings is 2. The van der Waals surface area contributed by atoms with Gasteiger partial charge in [-0.3, -0.25) is 15.6 Å². The standard InChI is InChI=1S/C31H39ClN6O2/c1-4-38(5-2)18-10-11-21(3)34-30(39)24-19-27(32)29(33-20-24)36-37-31(40)35-28-25-14-8-6-12-22(25)16-17-23-13-7-9-15-26(23)28/h6-9,12-15,19-21,28H,4-5,10-11,16-18H2,1-3H3,(H,33,36)(H,34,39)(H2,35,37,40). The predicted octanol–water partition coefficient (Wildman–Crippen LogP) is 5.49. The first-order chi connectivity index (χ1) is 19.4. The molecule has 2 aromatic carbocycles. The fraction of sp³-hybridized carbons (Fsp3) is 0.387. The molecule has 212 valence electrons. The van der Waals surface area contributed by atoms with E-state index in [-0.39, 0.29) is 28.8 Å². The molecule has 0 aliphatic heterocycles. The van der Waals surface area contributed by atoms with Gasteiger partial charge in [0.05, 0.1) is 16.6 Å². The van der Waals surface area contributed by atoms with Gasteiger partial charge in [0.25, 0.3) is 5.91 Å². The van der Waals surface area contributed by atoms with Crippen LogP contribution in [0.2, 0.25) is 5.02 Å². The van der Waals surface area contributed by atoms with Gasteiger partial charge in [-0.15, -0.1) is 0 Å². The van der Waals surface area contributed by atoms with E-state index in [9.17, 15) is 9.59 Å². The van der Waals surface area contributed by atoms with E-state index in [1.165, 1.54) is 17.3 Å². The van der Waals surface area contributed by atoms with Gasteiger partial charge in [-0.1, -0.05) is 74.0 Å². The van der Waals surface area contributed by atoms with Gasteiger partial charge in [0.2, 0.25) is 0 Å². The number of rotatable bonds is 11. The van der Waals surface area contributed by atoms with Crippen LogP contribution in [0.5, 0.6) is 0 Å². The van der Waals surface area contributed by atoms with Gasteiger partial charge in [0.1, 0.15) is 0 Å². The molecule has 1 unspecified atom stereocenters. The van der Waals surface area contributed by atoms with Crippen LogP contribution in [-0.4, -0.2) is 47.5 Å². The second-order valence-electron chi connectivity index (χ2n) is 10.2. The first kappa shape index (κ1) is 29.4. The number of fused-ring (bicyclic) bond motifs is 2. The van der Waals surface area contributed by atoms with Crippen LogP contribution in [0.15, 0.2) is 60.8 Å². The van der Waals surface area contributed by atoms with Crippen LogP contribution in [-0.2, 0) is 12.8 Å². The molecular formula is C31H39ClN6O2. The molecule has 9 heteroatoms. The molecule has 1 aliphatic carbocycles. The summed E-state index contributed by atoms with van der Waals surface area (Å²) >= 11 is 6.41. The number of hydrogen-bond donors (Lipinski definition) is 4. The second-order valence-corrected chi connectivity index (χ2v) is 10.6. The van der Waals surface area contributed by atoms with Crippen LogP contribution < -0.4 is 21.5 Å². The van der Waals surface area contributed by atoms with Gasteiger partial charge in [-0.25, -0.2) is 9.78 Å². The summed E-state index contributed by atoms with van der Waals surface area (Å²) in [6, 6.07) is 17.2. The summed E-state index contributed by atoms with van der Waals surface area (Å²) in [7, 11) is 0. The lowest BCUT2D eigenvalue weighted by molar-refractivity contribution is 0.0937. The predicted molar refractivity (Wildman–Crippen MR) is 161 cm³/mol. The normalized spacial score (nSPS) is 13.5. The van der Waals surface area contributed by atoms with Crippen molar-refractivity contribution in [1.29, 1.82) is 0 Å². The van der Waals surface area contributed by atoms with E-state index >= 15 is 0 Å². The van der Waals surface area contributed by atoms with Gasteiger partial charge in [-0.2, -0.15) is 0 Å². The second kappa shape index (κ2) is 14.1. The SMILES string of the molecule is CCN(CC)CCCC(C)NC(=O)c1cnc(NNC(=O)NC2c3ccccc3CCc3ccccc32)c(Cl)c1. The molecule has 1 aromatic heterocycles. The number of hydrazine groups is 1. The van der Waals surface area contributed by atoms with Crippen LogP contribution in [0.25, 0.3) is 0 Å². The minimum atomic E-state index is -0.422. The summed E-state index contributed by atoms with van der Waals surface area (Å²) in [4.78, 5) is 32.3. The molecular weight excluding hydrogens is 524 g/mol. The number of carbonyl (C=O) groups excluding carboxylic acids is 2. The molecule has 8 nitrogen and oxygen atoms in total. The lowest BCUT2D eigenvalue weighted by Gasteiger charge is -2.22. The van der Waals surface area contributed by atoms with Crippen molar-refractivity contribution in [1.82, 2.24) is 25.9 Å². The van der Waals surface area contributed by atoms with E-state index in [2.05, 4.69) is 69.5 Å². The minimum absolute atomic E-state index is 0.0317. The quantitative estimate of drug-likeness (QED) is 0.232. The van der Waals surface area contributed by atoms with Gasteiger partial charge < -0.3 is 15.5 Å². The van der Waals surface area contributed by atoms with Crippen molar-refractivity contribution in [2.45, 2.75) is 58.5 Å². The van der Waals surface area contributed by atoms with E-state index in [1.54, 1.807) is 6.07 Å². The Bertz CT molecular complexity index is 1260. The Kier molecular flexibility index (Phi) is 10.4. The summed E-state index contributed by atoms with van der Waals surface area (Å²) in [6.45, 7) is 9.38. The summed E-state index contributed by atoms with van der Waals surface area (Å²) in [6.07, 6.45) is 5.18. The number of urea groups is 1. The number of anilines is 1. The molecule has 4 N–H and O–H groups in total. The van der Waals surface area contributed by atoms with Crippen molar-refractivity contribution in [3.05, 3.63) is 93.6 Å². The molecule has 0 radical (unpaired) electrons. The lowest BCUT2D eigenvalue weighted by Crippen LogP contribution is -2.41. The third-order valence-corrected chi connectivity index (χ3v) is 7.74. The van der Waals surface area contributed by atoms with Crippen LogP contribution in [0.3, 0.4) is 0 Å². The largest absolute Gasteiger partial charge is 0.350 e. The van der Waals surface area contributed by atoms with Crippen molar-refractivity contribution < 1.29 is 9.59 Å². The van der Waals surface area contributed by atoms with E-state index < -0.39 is 6.03 Å². The van der Waals surface area contributed by atoms with Crippen LogP contribution in [0, 0.1) is 0 Å². The molecule has 40 heavy (non-hydrogen) atoms. The Morgan fingerprint density at radius 3 is 2.25 bits per heavy atom. The number of carbonyl (C=O) groups is 2. The third kappa shape index (κ3) is 7.52. The highest BCUT2D eigenvalue weighted by Crippen LogP contribution is 2.32. The minimum Gasteiger partial charge on any atom is -0.350 e. The van der Waals surface area contributed by atoms with E-state index in [0.29, 0.717) is 5.56 Å². The number of hydrogen-bond acceptors (Lipinski definition) is 5. The van der Waals surface area contributed by atoms with Crippen molar-refractivity contribution in [3.63, 3.8) is 0 Å². The number of nitrogens with one attached hydrogen (secondary N) is 4. The molecule has 1 aliphatic rings. The average molecular weight is 563 g/mol. The molecule has 4 rings (SSSR count). The molecule has 0 bridgehead atoms. The fourth-order valence-corrected chi connectivity index (χ4v) is 5.37. The fourth-order valence-electron chi connectivity index (χ4n) is 5.16. The molecule has 1 heterocycles. The zero-order valence-corrected chi connectivity index (χ0v) is 24.2. The maximum atomic E-state index is 13.0. The van der Waals surface area contributed by atoms with E-state index in [1.807, 2.05) is 31.2 Å². The highest BCUT2D eigenvalue weighted by molar-refractivity contribution is 6.33. The number of amides is 3. The number of pyridine rings is 1. The molecule has 0 spiro atoms. The van der Waals surface area contributed by atoms with Gasteiger partial charge >= 0.3 is 6.03 Å². The Morgan fingerprint density at radius 2 is 1.65 bits per heavy atom. The Labute approximate surface area is 241 Å². The van der Waals surface area contributed by atoms with Gasteiger partial charge in [-0.05, 0) is 80.6 Å². The Hall–Kier alpha value is -3.62. The molecule has 0 saturated carbocycles. The first-order valence-corrected chi connectivity index (χ1v) is 14.4. The lowest BCUT2D eigenvalue weighted by atomic mass is 9.95. The highest BCUT2D eigenvalue weighted by atomic mass is 35.5. The Morgan fingerprint density at radius 1 is 1.02 bits per heavy atom. The topological polar surface area (TPSA) is 98.4 Å². The number of aromatic nitrogens is 1. The number of nitrogens with zero attached hydrogens (tertiary/aromatic N) is 2. The molecule has 1 atom stereocenters. The molecule has 0 fully saturated rings. The van der Waals surface area contributed by atoms with Gasteiger partial charge in [0, 0.05) is 12.2 Å². The maximum Gasteiger partial charge on any atom is 0.334 e. The summed E-state index contributed by atoms with van der Waals surface area (Å²) in [5.74, 6) is 0.0231. The van der Waals surface area contributed by atoms with E-state index in [0.717, 1.165) is 56.4 Å². The summed E-state index contributed by atoms with van der Waals surface area (Å²) in [5, 5.41) is 6.34. The van der Waals surface area contributed by atoms with Crippen molar-refractivity contribution >= 4 is 29.4 Å². The smallest absolute Gasteiger partial charge is 0.334 e. The zero-order chi connectivity index (χ0) is 28.5.